The second kappa shape index (κ2) is 8.70. The lowest BCUT2D eigenvalue weighted by Crippen LogP contribution is -2.49. The summed E-state index contributed by atoms with van der Waals surface area (Å²) in [5.74, 6) is -5.36. The van der Waals surface area contributed by atoms with Crippen molar-refractivity contribution >= 4 is 23.8 Å². The first-order valence-electron chi connectivity index (χ1n) is 8.07. The number of ketones is 1. The van der Waals surface area contributed by atoms with E-state index in [9.17, 15) is 33.1 Å². The van der Waals surface area contributed by atoms with Gasteiger partial charge in [0.2, 0.25) is 5.91 Å². The van der Waals surface area contributed by atoms with E-state index in [0.717, 1.165) is 19.1 Å². The maximum atomic E-state index is 13.2. The number of ether oxygens (including phenoxy) is 1. The van der Waals surface area contributed by atoms with Crippen LogP contribution < -0.4 is 0 Å². The molecule has 0 aromatic heterocycles. The molecular weight excluding hydrogens is 364 g/mol. The van der Waals surface area contributed by atoms with E-state index in [1.807, 2.05) is 0 Å². The van der Waals surface area contributed by atoms with Crippen LogP contribution in [0.15, 0.2) is 18.2 Å². The predicted octanol–water partition coefficient (Wildman–Crippen LogP) is 3.16. The first kappa shape index (κ1) is 22.2. The highest BCUT2D eigenvalue weighted by Crippen LogP contribution is 2.18. The number of carbonyl (C=O) groups is 4. The SMILES string of the molecule is CC(=O)N(C(=O)OC(C)(C)C)C(CCC(=O)c1ccc(F)c(F)c1)C(=O)O. The Morgan fingerprint density at radius 3 is 2.19 bits per heavy atom. The topological polar surface area (TPSA) is 101 Å². The number of Topliss-reactive ketones (excluding diaryl/α,β-unsaturated/α-hetero) is 1. The molecule has 9 heteroatoms. The fourth-order valence-corrected chi connectivity index (χ4v) is 2.23. The first-order chi connectivity index (χ1) is 12.3. The van der Waals surface area contributed by atoms with E-state index in [1.54, 1.807) is 20.8 Å². The van der Waals surface area contributed by atoms with Crippen molar-refractivity contribution in [1.82, 2.24) is 4.90 Å². The molecule has 7 nitrogen and oxygen atoms in total. The van der Waals surface area contributed by atoms with E-state index in [-0.39, 0.29) is 5.56 Å². The monoisotopic (exact) mass is 385 g/mol. The number of imide groups is 1. The summed E-state index contributed by atoms with van der Waals surface area (Å²) >= 11 is 0. The number of benzene rings is 1. The van der Waals surface area contributed by atoms with E-state index in [2.05, 4.69) is 0 Å². The molecule has 148 valence electrons. The standard InChI is InChI=1S/C18H21F2NO6/c1-10(22)21(17(26)27-18(2,3)4)14(16(24)25)7-8-15(23)11-5-6-12(19)13(20)9-11/h5-6,9,14H,7-8H2,1-4H3,(H,24,25). The molecule has 1 aromatic rings. The molecule has 1 rings (SSSR count). The van der Waals surface area contributed by atoms with Crippen LogP contribution in [0, 0.1) is 11.6 Å². The third kappa shape index (κ3) is 6.43. The second-order valence-corrected chi connectivity index (χ2v) is 6.81. The van der Waals surface area contributed by atoms with Crippen molar-refractivity contribution in [1.29, 1.82) is 0 Å². The molecule has 0 heterocycles. The fourth-order valence-electron chi connectivity index (χ4n) is 2.23. The third-order valence-electron chi connectivity index (χ3n) is 3.41. The van der Waals surface area contributed by atoms with Crippen molar-refractivity contribution in [2.24, 2.45) is 0 Å². The van der Waals surface area contributed by atoms with Crippen molar-refractivity contribution < 1.29 is 37.8 Å². The number of rotatable bonds is 6. The number of carbonyl (C=O) groups excluding carboxylic acids is 3. The molecule has 0 aliphatic carbocycles. The van der Waals surface area contributed by atoms with Gasteiger partial charge in [-0.05, 0) is 45.4 Å². The molecule has 0 aliphatic heterocycles. The number of halogens is 2. The molecule has 1 unspecified atom stereocenters. The smallest absolute Gasteiger partial charge is 0.417 e. The molecular formula is C18H21F2NO6. The quantitative estimate of drug-likeness (QED) is 0.755. The predicted molar refractivity (Wildman–Crippen MR) is 90.1 cm³/mol. The summed E-state index contributed by atoms with van der Waals surface area (Å²) in [6.07, 6.45) is -1.97. The van der Waals surface area contributed by atoms with Crippen LogP contribution in [-0.4, -0.2) is 45.4 Å². The average molecular weight is 385 g/mol. The minimum atomic E-state index is -1.65. The summed E-state index contributed by atoms with van der Waals surface area (Å²) in [6.45, 7) is 5.64. The van der Waals surface area contributed by atoms with Gasteiger partial charge >= 0.3 is 12.1 Å². The molecule has 0 radical (unpaired) electrons. The molecule has 27 heavy (non-hydrogen) atoms. The minimum Gasteiger partial charge on any atom is -0.480 e. The van der Waals surface area contributed by atoms with Crippen LogP contribution in [0.3, 0.4) is 0 Å². The average Bonchev–Trinajstić information content (AvgIpc) is 2.50. The number of hydrogen-bond donors (Lipinski definition) is 1. The Bertz CT molecular complexity index is 757. The van der Waals surface area contributed by atoms with Crippen LogP contribution in [0.2, 0.25) is 0 Å². The summed E-state index contributed by atoms with van der Waals surface area (Å²) < 4.78 is 31.2. The number of aliphatic carboxylic acids is 1. The molecule has 2 amide bonds. The van der Waals surface area contributed by atoms with Crippen molar-refractivity contribution in [3.8, 4) is 0 Å². The van der Waals surface area contributed by atoms with Gasteiger partial charge < -0.3 is 9.84 Å². The van der Waals surface area contributed by atoms with Crippen molar-refractivity contribution in [3.05, 3.63) is 35.4 Å². The lowest BCUT2D eigenvalue weighted by atomic mass is 10.0. The zero-order chi connectivity index (χ0) is 20.9. The van der Waals surface area contributed by atoms with Gasteiger partial charge in [0.1, 0.15) is 11.6 Å². The third-order valence-corrected chi connectivity index (χ3v) is 3.41. The highest BCUT2D eigenvalue weighted by Gasteiger charge is 2.36. The van der Waals surface area contributed by atoms with Crippen LogP contribution in [0.5, 0.6) is 0 Å². The summed E-state index contributed by atoms with van der Waals surface area (Å²) in [5.41, 5.74) is -1.11. The zero-order valence-corrected chi connectivity index (χ0v) is 15.4. The van der Waals surface area contributed by atoms with Crippen molar-refractivity contribution in [3.63, 3.8) is 0 Å². The Balaban J connectivity index is 2.97. The summed E-state index contributed by atoms with van der Waals surface area (Å²) in [5, 5.41) is 9.38. The van der Waals surface area contributed by atoms with E-state index >= 15 is 0 Å². The molecule has 0 bridgehead atoms. The van der Waals surface area contributed by atoms with Gasteiger partial charge in [-0.1, -0.05) is 0 Å². The Hall–Kier alpha value is -2.84. The molecule has 0 saturated carbocycles. The summed E-state index contributed by atoms with van der Waals surface area (Å²) in [6, 6.07) is 0.892. The van der Waals surface area contributed by atoms with Gasteiger partial charge in [0, 0.05) is 18.9 Å². The van der Waals surface area contributed by atoms with E-state index in [1.165, 1.54) is 0 Å². The highest BCUT2D eigenvalue weighted by atomic mass is 19.2. The van der Waals surface area contributed by atoms with Crippen LogP contribution in [0.4, 0.5) is 13.6 Å². The number of hydrogen-bond acceptors (Lipinski definition) is 5. The first-order valence-corrected chi connectivity index (χ1v) is 8.07. The largest absolute Gasteiger partial charge is 0.480 e. The van der Waals surface area contributed by atoms with Gasteiger partial charge in [-0.25, -0.2) is 23.3 Å². The number of carboxylic acid groups (broad SMARTS) is 1. The van der Waals surface area contributed by atoms with Gasteiger partial charge in [-0.15, -0.1) is 0 Å². The number of amides is 2. The summed E-state index contributed by atoms with van der Waals surface area (Å²) in [4.78, 5) is 48.1. The summed E-state index contributed by atoms with van der Waals surface area (Å²) in [7, 11) is 0. The van der Waals surface area contributed by atoms with Crippen molar-refractivity contribution in [2.45, 2.75) is 52.2 Å². The molecule has 0 aliphatic rings. The van der Waals surface area contributed by atoms with Gasteiger partial charge in [0.15, 0.2) is 17.4 Å². The van der Waals surface area contributed by atoms with Crippen LogP contribution in [0.25, 0.3) is 0 Å². The number of nitrogens with zero attached hydrogens (tertiary/aromatic N) is 1. The Kier molecular flexibility index (Phi) is 7.15. The Labute approximate surface area is 154 Å². The molecule has 1 N–H and O–H groups in total. The van der Waals surface area contributed by atoms with E-state index in [4.69, 9.17) is 4.74 Å². The van der Waals surface area contributed by atoms with Crippen LogP contribution in [0.1, 0.15) is 50.9 Å². The van der Waals surface area contributed by atoms with E-state index in [0.29, 0.717) is 11.0 Å². The fraction of sp³-hybridized carbons (Fsp3) is 0.444. The lowest BCUT2D eigenvalue weighted by molar-refractivity contribution is -0.149. The Morgan fingerprint density at radius 1 is 1.15 bits per heavy atom. The molecule has 1 aromatic carbocycles. The highest BCUT2D eigenvalue weighted by molar-refractivity contribution is 5.98. The molecule has 0 saturated heterocycles. The Morgan fingerprint density at radius 2 is 1.74 bits per heavy atom. The van der Waals surface area contributed by atoms with E-state index < -0.39 is 59.9 Å². The van der Waals surface area contributed by atoms with Crippen molar-refractivity contribution in [2.75, 3.05) is 0 Å². The van der Waals surface area contributed by atoms with Gasteiger partial charge in [-0.2, -0.15) is 0 Å². The maximum Gasteiger partial charge on any atom is 0.417 e. The zero-order valence-electron chi connectivity index (χ0n) is 15.4. The van der Waals surface area contributed by atoms with Crippen LogP contribution in [-0.2, 0) is 14.3 Å². The minimum absolute atomic E-state index is 0.148. The lowest BCUT2D eigenvalue weighted by Gasteiger charge is -2.29. The van der Waals surface area contributed by atoms with Crippen LogP contribution >= 0.6 is 0 Å². The van der Waals surface area contributed by atoms with Gasteiger partial charge in [-0.3, -0.25) is 9.59 Å². The van der Waals surface area contributed by atoms with Gasteiger partial charge in [0.25, 0.3) is 0 Å². The van der Waals surface area contributed by atoms with Gasteiger partial charge in [0.05, 0.1) is 0 Å². The normalized spacial score (nSPS) is 12.2. The second-order valence-electron chi connectivity index (χ2n) is 6.81. The molecule has 0 fully saturated rings. The number of carboxylic acids is 1. The molecule has 1 atom stereocenters. The molecule has 0 spiro atoms. The maximum absolute atomic E-state index is 13.2.